The number of ether oxygens (including phenoxy) is 1. The molecule has 0 aliphatic carbocycles. The van der Waals surface area contributed by atoms with Crippen molar-refractivity contribution < 1.29 is 18.3 Å². The van der Waals surface area contributed by atoms with E-state index in [1.807, 2.05) is 44.2 Å². The molecule has 0 bridgehead atoms. The van der Waals surface area contributed by atoms with Gasteiger partial charge in [-0.1, -0.05) is 42.8 Å². The molecular weight excluding hydrogens is 433 g/mol. The predicted octanol–water partition coefficient (Wildman–Crippen LogP) is 5.77. The number of nitrogens with zero attached hydrogens (tertiary/aromatic N) is 1. The third-order valence-electron chi connectivity index (χ3n) is 6.03. The SMILES string of the molecule is CCCOc1cccc(C2c3c(oc4ccc(C)cc4c3=O)C(=O)N2Cc2ccc(F)cc2)c1. The first kappa shape index (κ1) is 21.9. The lowest BCUT2D eigenvalue weighted by Gasteiger charge is -2.25. The summed E-state index contributed by atoms with van der Waals surface area (Å²) in [6.45, 7) is 4.69. The number of benzene rings is 3. The number of carbonyl (C=O) groups is 1. The van der Waals surface area contributed by atoms with Crippen molar-refractivity contribution >= 4 is 16.9 Å². The van der Waals surface area contributed by atoms with Crippen LogP contribution in [0.1, 0.15) is 52.2 Å². The molecule has 5 rings (SSSR count). The van der Waals surface area contributed by atoms with Gasteiger partial charge in [0.15, 0.2) is 5.43 Å². The summed E-state index contributed by atoms with van der Waals surface area (Å²) >= 11 is 0. The van der Waals surface area contributed by atoms with Crippen molar-refractivity contribution in [1.29, 1.82) is 0 Å². The summed E-state index contributed by atoms with van der Waals surface area (Å²) in [5.74, 6) is -0.00398. The minimum Gasteiger partial charge on any atom is -0.494 e. The summed E-state index contributed by atoms with van der Waals surface area (Å²) < 4.78 is 25.3. The second kappa shape index (κ2) is 8.78. The number of halogens is 1. The molecule has 1 aliphatic heterocycles. The highest BCUT2D eigenvalue weighted by Crippen LogP contribution is 2.40. The Kier molecular flexibility index (Phi) is 5.65. The molecule has 6 heteroatoms. The molecule has 2 heterocycles. The van der Waals surface area contributed by atoms with Crippen LogP contribution in [0.2, 0.25) is 0 Å². The Morgan fingerprint density at radius 1 is 1.03 bits per heavy atom. The molecule has 0 spiro atoms. The molecule has 4 aromatic rings. The van der Waals surface area contributed by atoms with Crippen LogP contribution in [0.15, 0.2) is 75.9 Å². The van der Waals surface area contributed by atoms with Crippen molar-refractivity contribution in [3.8, 4) is 5.75 Å². The van der Waals surface area contributed by atoms with Gasteiger partial charge in [-0.2, -0.15) is 0 Å². The number of carbonyl (C=O) groups excluding carboxylic acids is 1. The van der Waals surface area contributed by atoms with E-state index >= 15 is 0 Å². The zero-order valence-corrected chi connectivity index (χ0v) is 19.0. The van der Waals surface area contributed by atoms with E-state index in [2.05, 4.69) is 0 Å². The molecule has 0 saturated carbocycles. The molecule has 1 aromatic heterocycles. The topological polar surface area (TPSA) is 59.8 Å². The normalized spacial score (nSPS) is 15.1. The second-order valence-corrected chi connectivity index (χ2v) is 8.56. The second-order valence-electron chi connectivity index (χ2n) is 8.56. The van der Waals surface area contributed by atoms with E-state index in [0.717, 1.165) is 23.1 Å². The van der Waals surface area contributed by atoms with Crippen LogP contribution in [0.25, 0.3) is 11.0 Å². The lowest BCUT2D eigenvalue weighted by molar-refractivity contribution is 0.0714. The lowest BCUT2D eigenvalue weighted by atomic mass is 9.97. The van der Waals surface area contributed by atoms with Crippen LogP contribution < -0.4 is 10.2 Å². The Morgan fingerprint density at radius 2 is 1.82 bits per heavy atom. The number of hydrogen-bond acceptors (Lipinski definition) is 4. The first-order valence-corrected chi connectivity index (χ1v) is 11.3. The van der Waals surface area contributed by atoms with Crippen LogP contribution in [-0.2, 0) is 6.54 Å². The van der Waals surface area contributed by atoms with E-state index in [1.54, 1.807) is 29.2 Å². The van der Waals surface area contributed by atoms with Gasteiger partial charge in [-0.25, -0.2) is 4.39 Å². The molecule has 1 amide bonds. The third-order valence-corrected chi connectivity index (χ3v) is 6.03. The van der Waals surface area contributed by atoms with Crippen molar-refractivity contribution in [3.63, 3.8) is 0 Å². The summed E-state index contributed by atoms with van der Waals surface area (Å²) in [4.78, 5) is 28.8. The molecule has 5 nitrogen and oxygen atoms in total. The van der Waals surface area contributed by atoms with Crippen LogP contribution in [-0.4, -0.2) is 17.4 Å². The summed E-state index contributed by atoms with van der Waals surface area (Å²) in [7, 11) is 0. The van der Waals surface area contributed by atoms with Gasteiger partial charge in [0.2, 0.25) is 5.76 Å². The summed E-state index contributed by atoms with van der Waals surface area (Å²) in [6.07, 6.45) is 0.862. The van der Waals surface area contributed by atoms with E-state index in [9.17, 15) is 14.0 Å². The Hall–Kier alpha value is -3.93. The van der Waals surface area contributed by atoms with Crippen molar-refractivity contribution in [3.05, 3.63) is 111 Å². The number of fused-ring (bicyclic) bond motifs is 2. The summed E-state index contributed by atoms with van der Waals surface area (Å²) in [5, 5.41) is 0.443. The van der Waals surface area contributed by atoms with E-state index in [1.165, 1.54) is 12.1 Å². The van der Waals surface area contributed by atoms with Gasteiger partial charge in [0.25, 0.3) is 5.91 Å². The Morgan fingerprint density at radius 3 is 2.59 bits per heavy atom. The molecule has 1 unspecified atom stereocenters. The van der Waals surface area contributed by atoms with Crippen molar-refractivity contribution in [1.82, 2.24) is 4.90 Å². The average molecular weight is 458 g/mol. The van der Waals surface area contributed by atoms with Crippen molar-refractivity contribution in [2.75, 3.05) is 6.61 Å². The van der Waals surface area contributed by atoms with Gasteiger partial charge in [0.05, 0.1) is 23.6 Å². The van der Waals surface area contributed by atoms with E-state index < -0.39 is 6.04 Å². The number of aryl methyl sites for hydroxylation is 1. The lowest BCUT2D eigenvalue weighted by Crippen LogP contribution is -2.29. The first-order chi connectivity index (χ1) is 16.5. The minimum absolute atomic E-state index is 0.0494. The van der Waals surface area contributed by atoms with Gasteiger partial charge in [-0.05, 0) is 60.9 Å². The molecule has 0 saturated heterocycles. The minimum atomic E-state index is -0.654. The largest absolute Gasteiger partial charge is 0.494 e. The molecule has 0 fully saturated rings. The zero-order chi connectivity index (χ0) is 23.8. The van der Waals surface area contributed by atoms with E-state index in [-0.39, 0.29) is 29.5 Å². The molecule has 34 heavy (non-hydrogen) atoms. The Labute approximate surface area is 196 Å². The maximum atomic E-state index is 13.7. The summed E-state index contributed by atoms with van der Waals surface area (Å²) in [5.41, 5.74) is 2.91. The van der Waals surface area contributed by atoms with E-state index in [4.69, 9.17) is 9.15 Å². The Balaban J connectivity index is 1.68. The van der Waals surface area contributed by atoms with Crippen molar-refractivity contribution in [2.24, 2.45) is 0 Å². The van der Waals surface area contributed by atoms with Gasteiger partial charge in [0.1, 0.15) is 17.1 Å². The molecule has 3 aromatic carbocycles. The first-order valence-electron chi connectivity index (χ1n) is 11.3. The maximum absolute atomic E-state index is 13.7. The molecule has 1 aliphatic rings. The summed E-state index contributed by atoms with van der Waals surface area (Å²) in [6, 6.07) is 18.1. The number of rotatable bonds is 6. The van der Waals surface area contributed by atoms with E-state index in [0.29, 0.717) is 28.9 Å². The highest BCUT2D eigenvalue weighted by Gasteiger charge is 2.42. The van der Waals surface area contributed by atoms with Crippen LogP contribution >= 0.6 is 0 Å². The highest BCUT2D eigenvalue weighted by molar-refractivity contribution is 5.99. The quantitative estimate of drug-likeness (QED) is 0.369. The van der Waals surface area contributed by atoms with Gasteiger partial charge in [0, 0.05) is 6.54 Å². The van der Waals surface area contributed by atoms with Crippen LogP contribution in [0.5, 0.6) is 5.75 Å². The van der Waals surface area contributed by atoms with Crippen LogP contribution in [0.4, 0.5) is 4.39 Å². The fourth-order valence-electron chi connectivity index (χ4n) is 4.42. The van der Waals surface area contributed by atoms with Crippen LogP contribution in [0.3, 0.4) is 0 Å². The van der Waals surface area contributed by atoms with Gasteiger partial charge in [-0.3, -0.25) is 9.59 Å². The van der Waals surface area contributed by atoms with Gasteiger partial charge >= 0.3 is 0 Å². The molecule has 0 radical (unpaired) electrons. The van der Waals surface area contributed by atoms with Crippen LogP contribution in [0, 0.1) is 12.7 Å². The number of amides is 1. The molecule has 0 N–H and O–H groups in total. The molecular formula is C28H24FNO4. The predicted molar refractivity (Wildman–Crippen MR) is 128 cm³/mol. The zero-order valence-electron chi connectivity index (χ0n) is 19.0. The fraction of sp³-hybridized carbons (Fsp3) is 0.214. The molecule has 172 valence electrons. The monoisotopic (exact) mass is 457 g/mol. The third kappa shape index (κ3) is 3.85. The van der Waals surface area contributed by atoms with Gasteiger partial charge in [-0.15, -0.1) is 0 Å². The Bertz CT molecular complexity index is 1440. The maximum Gasteiger partial charge on any atom is 0.291 e. The highest BCUT2D eigenvalue weighted by atomic mass is 19.1. The fourth-order valence-corrected chi connectivity index (χ4v) is 4.42. The number of hydrogen-bond donors (Lipinski definition) is 0. The van der Waals surface area contributed by atoms with Crippen molar-refractivity contribution in [2.45, 2.75) is 32.9 Å². The molecule has 1 atom stereocenters. The van der Waals surface area contributed by atoms with Gasteiger partial charge < -0.3 is 14.1 Å². The average Bonchev–Trinajstić information content (AvgIpc) is 3.11. The standard InChI is InChI=1S/C28H24FNO4/c1-3-13-33-21-6-4-5-19(15-21)25-24-26(31)22-14-17(2)7-12-23(22)34-27(24)28(32)30(25)16-18-8-10-20(29)11-9-18/h4-12,14-15,25H,3,13,16H2,1-2H3. The smallest absolute Gasteiger partial charge is 0.291 e.